The smallest absolute Gasteiger partial charge is 0.224 e. The maximum Gasteiger partial charge on any atom is 0.224 e. The lowest BCUT2D eigenvalue weighted by Gasteiger charge is -2.45. The normalized spacial score (nSPS) is 50.7. The van der Waals surface area contributed by atoms with E-state index >= 15 is 0 Å². The molecule has 3 aliphatic rings. The number of aliphatic hydroxyl groups excluding tert-OH is 11. The minimum atomic E-state index is -2.43. The van der Waals surface area contributed by atoms with Crippen LogP contribution in [0.3, 0.4) is 0 Å². The second kappa shape index (κ2) is 12.2. The van der Waals surface area contributed by atoms with E-state index in [4.69, 9.17) is 23.7 Å². The Hall–Kier alpha value is -0.680. The van der Waals surface area contributed by atoms with Crippen LogP contribution in [0.25, 0.3) is 0 Å². The summed E-state index contributed by atoms with van der Waals surface area (Å²) in [4.78, 5) is 0. The Kier molecular flexibility index (Phi) is 10.7. The molecule has 3 saturated heterocycles. The molecular weight excluding hydrogens is 488 g/mol. The second-order valence-corrected chi connectivity index (χ2v) is 8.37. The van der Waals surface area contributed by atoms with Gasteiger partial charge in [0, 0.05) is 0 Å². The molecule has 13 N–H and O–H groups in total. The van der Waals surface area contributed by atoms with Gasteiger partial charge in [0.15, 0.2) is 12.6 Å². The van der Waals surface area contributed by atoms with Crippen LogP contribution in [-0.4, -0.2) is 174 Å². The largest absolute Gasteiger partial charge is 0.412 e. The highest BCUT2D eigenvalue weighted by Gasteiger charge is 2.61. The summed E-state index contributed by atoms with van der Waals surface area (Å²) in [5.74, 6) is -2.43. The second-order valence-electron chi connectivity index (χ2n) is 8.37. The van der Waals surface area contributed by atoms with Crippen LogP contribution < -0.4 is 0 Å². The molecule has 0 unspecified atom stereocenters. The number of hydrogen-bond donors (Lipinski definition) is 11. The molecule has 3 fully saturated rings. The molecule has 3 heterocycles. The van der Waals surface area contributed by atoms with Crippen LogP contribution in [-0.2, 0) is 23.7 Å². The summed E-state index contributed by atoms with van der Waals surface area (Å²) in [6, 6.07) is 0. The van der Waals surface area contributed by atoms with E-state index in [1.54, 1.807) is 0 Å². The van der Waals surface area contributed by atoms with Gasteiger partial charge in [-0.1, -0.05) is 0 Å². The molecule has 0 saturated carbocycles. The van der Waals surface area contributed by atoms with E-state index in [2.05, 4.69) is 0 Å². The Labute approximate surface area is 198 Å². The van der Waals surface area contributed by atoms with Crippen molar-refractivity contribution in [3.63, 3.8) is 0 Å². The SMILES string of the molecule is O.OC[C@H]1O[C@](CO)(O[C@H]2O[C@H](CO)[C@@H](O)[C@H](O)[C@H]2O)[C@@H](O[C@H]2O[C@H](CO)[C@@H](O)[C@H](O)[C@H]2O)[C@@H]1O. The third kappa shape index (κ3) is 5.61. The molecule has 14 atom stereocenters. The molecule has 17 nitrogen and oxygen atoms in total. The summed E-state index contributed by atoms with van der Waals surface area (Å²) in [6.07, 6.45) is -22.3. The van der Waals surface area contributed by atoms with E-state index in [0.29, 0.717) is 0 Å². The van der Waals surface area contributed by atoms with E-state index < -0.39 is 112 Å². The van der Waals surface area contributed by atoms with Crippen LogP contribution in [0.2, 0.25) is 0 Å². The first-order chi connectivity index (χ1) is 16.0. The maximum absolute atomic E-state index is 10.6. The van der Waals surface area contributed by atoms with Crippen molar-refractivity contribution in [2.24, 2.45) is 0 Å². The summed E-state index contributed by atoms with van der Waals surface area (Å²) < 4.78 is 27.0. The van der Waals surface area contributed by atoms with E-state index in [1.807, 2.05) is 0 Å². The Morgan fingerprint density at radius 2 is 1.03 bits per heavy atom. The van der Waals surface area contributed by atoms with Gasteiger partial charge < -0.3 is 85.3 Å². The first-order valence-electron chi connectivity index (χ1n) is 10.6. The molecule has 3 rings (SSSR count). The number of rotatable bonds is 8. The van der Waals surface area contributed by atoms with Crippen molar-refractivity contribution in [1.82, 2.24) is 0 Å². The molecule has 0 bridgehead atoms. The van der Waals surface area contributed by atoms with Gasteiger partial charge >= 0.3 is 0 Å². The van der Waals surface area contributed by atoms with Crippen LogP contribution in [0.4, 0.5) is 0 Å². The van der Waals surface area contributed by atoms with E-state index in [-0.39, 0.29) is 5.48 Å². The zero-order valence-electron chi connectivity index (χ0n) is 18.3. The van der Waals surface area contributed by atoms with Gasteiger partial charge in [0.05, 0.1) is 19.8 Å². The zero-order chi connectivity index (χ0) is 25.4. The first kappa shape index (κ1) is 30.5. The van der Waals surface area contributed by atoms with Crippen LogP contribution in [0.15, 0.2) is 0 Å². The Bertz CT molecular complexity index is 653. The minimum Gasteiger partial charge on any atom is -0.412 e. The maximum atomic E-state index is 10.6. The van der Waals surface area contributed by atoms with Crippen molar-refractivity contribution in [1.29, 1.82) is 0 Å². The van der Waals surface area contributed by atoms with Crippen molar-refractivity contribution >= 4 is 0 Å². The average molecular weight is 522 g/mol. The predicted molar refractivity (Wildman–Crippen MR) is 105 cm³/mol. The van der Waals surface area contributed by atoms with Gasteiger partial charge in [-0.2, -0.15) is 0 Å². The molecule has 3 aliphatic heterocycles. The Balaban J connectivity index is 0.00000432. The molecular formula is C18H34O17. The minimum absolute atomic E-state index is 0. The van der Waals surface area contributed by atoms with Gasteiger partial charge in [0.1, 0.15) is 73.8 Å². The van der Waals surface area contributed by atoms with Crippen molar-refractivity contribution in [2.45, 2.75) is 85.5 Å². The third-order valence-corrected chi connectivity index (χ3v) is 6.17. The fourth-order valence-electron chi connectivity index (χ4n) is 4.12. The highest BCUT2D eigenvalue weighted by atomic mass is 16.8. The molecule has 0 aromatic heterocycles. The van der Waals surface area contributed by atoms with Crippen LogP contribution in [0.5, 0.6) is 0 Å². The highest BCUT2D eigenvalue weighted by Crippen LogP contribution is 2.39. The molecule has 0 aromatic rings. The summed E-state index contributed by atoms with van der Waals surface area (Å²) in [6.45, 7) is -3.49. The monoisotopic (exact) mass is 522 g/mol. The lowest BCUT2D eigenvalue weighted by atomic mass is 9.98. The van der Waals surface area contributed by atoms with Gasteiger partial charge in [-0.05, 0) is 0 Å². The molecule has 208 valence electrons. The first-order valence-corrected chi connectivity index (χ1v) is 10.6. The molecule has 0 aliphatic carbocycles. The van der Waals surface area contributed by atoms with Crippen molar-refractivity contribution in [3.8, 4) is 0 Å². The Morgan fingerprint density at radius 1 is 0.571 bits per heavy atom. The fourth-order valence-corrected chi connectivity index (χ4v) is 4.12. The van der Waals surface area contributed by atoms with Gasteiger partial charge in [-0.3, -0.25) is 0 Å². The lowest BCUT2D eigenvalue weighted by Crippen LogP contribution is -2.64. The predicted octanol–water partition coefficient (Wildman–Crippen LogP) is -8.40. The number of hydrogen-bond acceptors (Lipinski definition) is 16. The van der Waals surface area contributed by atoms with Crippen molar-refractivity contribution < 1.29 is 85.3 Å². The highest BCUT2D eigenvalue weighted by molar-refractivity contribution is 5.01. The van der Waals surface area contributed by atoms with E-state index in [1.165, 1.54) is 0 Å². The molecule has 0 radical (unpaired) electrons. The van der Waals surface area contributed by atoms with Crippen molar-refractivity contribution in [2.75, 3.05) is 26.4 Å². The van der Waals surface area contributed by atoms with Crippen LogP contribution >= 0.6 is 0 Å². The van der Waals surface area contributed by atoms with Gasteiger partial charge in [-0.15, -0.1) is 0 Å². The number of aliphatic hydroxyl groups is 11. The quantitative estimate of drug-likeness (QED) is 0.141. The fraction of sp³-hybridized carbons (Fsp3) is 1.00. The molecule has 35 heavy (non-hydrogen) atoms. The zero-order valence-corrected chi connectivity index (χ0v) is 18.3. The average Bonchev–Trinajstić information content (AvgIpc) is 3.10. The topological polar surface area (TPSA) is 300 Å². The van der Waals surface area contributed by atoms with Crippen molar-refractivity contribution in [3.05, 3.63) is 0 Å². The number of ether oxygens (including phenoxy) is 5. The van der Waals surface area contributed by atoms with Gasteiger partial charge in [-0.25, -0.2) is 0 Å². The van der Waals surface area contributed by atoms with Gasteiger partial charge in [0.25, 0.3) is 0 Å². The standard InChI is InChI=1S/C18H32O16.H2O/c19-1-5-8(23)11(26)13(28)16(30-5)32-15-10(25)7(3-21)33-18(15,4-22)34-17-14(29)12(27)9(24)6(2-20)31-17;/h5-17,19-29H,1-4H2;1H2/t5-,6-,7-,8-,9-,10-,11+,12+,13-,14-,15+,16-,17-,18-;/m1./s1. The molecule has 17 heteroatoms. The molecule has 0 aromatic carbocycles. The third-order valence-electron chi connectivity index (χ3n) is 6.17. The molecule has 0 amide bonds. The summed E-state index contributed by atoms with van der Waals surface area (Å²) in [7, 11) is 0. The lowest BCUT2D eigenvalue weighted by molar-refractivity contribution is -0.400. The van der Waals surface area contributed by atoms with Crippen LogP contribution in [0.1, 0.15) is 0 Å². The summed E-state index contributed by atoms with van der Waals surface area (Å²) in [5.41, 5.74) is 0. The van der Waals surface area contributed by atoms with E-state index in [9.17, 15) is 56.2 Å². The Morgan fingerprint density at radius 3 is 1.49 bits per heavy atom. The van der Waals surface area contributed by atoms with Gasteiger partial charge in [0.2, 0.25) is 5.79 Å². The summed E-state index contributed by atoms with van der Waals surface area (Å²) in [5, 5.41) is 109. The van der Waals surface area contributed by atoms with Crippen LogP contribution in [0, 0.1) is 0 Å². The molecule has 0 spiro atoms. The van der Waals surface area contributed by atoms with E-state index in [0.717, 1.165) is 0 Å². The summed E-state index contributed by atoms with van der Waals surface area (Å²) >= 11 is 0.